The topological polar surface area (TPSA) is 67.3 Å². The number of phenolic OH excluding ortho intramolecular Hbond substituents is 1. The highest BCUT2D eigenvalue weighted by atomic mass is 35.5. The molecular weight excluding hydrogens is 369 g/mol. The minimum absolute atomic E-state index is 0.0228. The highest BCUT2D eigenvalue weighted by molar-refractivity contribution is 6.31. The average Bonchev–Trinajstić information content (AvgIpc) is 3.18. The molecule has 3 aromatic rings. The number of benzene rings is 2. The Morgan fingerprint density at radius 3 is 2.67 bits per heavy atom. The lowest BCUT2D eigenvalue weighted by Gasteiger charge is -2.15. The summed E-state index contributed by atoms with van der Waals surface area (Å²) in [6.45, 7) is 0. The molecule has 0 spiro atoms. The van der Waals surface area contributed by atoms with Crippen molar-refractivity contribution in [3.8, 4) is 11.8 Å². The Bertz CT molecular complexity index is 1010. The van der Waals surface area contributed by atoms with Gasteiger partial charge in [-0.3, -0.25) is 0 Å². The number of hydrogen-bond donors (Lipinski definition) is 2. The molecule has 1 heterocycles. The van der Waals surface area contributed by atoms with Crippen LogP contribution in [0.15, 0.2) is 30.3 Å². The Balaban J connectivity index is 1.83. The molecule has 7 heteroatoms. The van der Waals surface area contributed by atoms with Crippen molar-refractivity contribution < 1.29 is 14.2 Å². The monoisotopic (exact) mass is 387 g/mol. The van der Waals surface area contributed by atoms with Crippen molar-refractivity contribution in [2.75, 3.05) is 12.4 Å². The van der Waals surface area contributed by atoms with Gasteiger partial charge < -0.3 is 15.2 Å². The molecule has 2 aromatic carbocycles. The van der Waals surface area contributed by atoms with Gasteiger partial charge in [0.05, 0.1) is 17.6 Å². The van der Waals surface area contributed by atoms with Crippen LogP contribution in [0.3, 0.4) is 0 Å². The second-order valence-corrected chi connectivity index (χ2v) is 7.13. The van der Waals surface area contributed by atoms with Crippen molar-refractivity contribution in [1.82, 2.24) is 9.97 Å². The second kappa shape index (κ2) is 7.19. The normalized spacial score (nSPS) is 14.6. The highest BCUT2D eigenvalue weighted by Gasteiger charge is 2.22. The molecule has 1 saturated carbocycles. The van der Waals surface area contributed by atoms with Crippen molar-refractivity contribution in [3.05, 3.63) is 46.7 Å². The van der Waals surface area contributed by atoms with Gasteiger partial charge >= 0.3 is 6.01 Å². The number of hydrogen-bond acceptors (Lipinski definition) is 5. The number of ether oxygens (including phenoxy) is 1. The molecule has 140 valence electrons. The number of aromatic nitrogens is 2. The summed E-state index contributed by atoms with van der Waals surface area (Å²) in [5, 5.41) is 14.4. The zero-order valence-corrected chi connectivity index (χ0v) is 15.6. The van der Waals surface area contributed by atoms with Gasteiger partial charge in [-0.15, -0.1) is 0 Å². The molecule has 2 N–H and O–H groups in total. The fraction of sp³-hybridized carbons (Fsp3) is 0.300. The lowest BCUT2D eigenvalue weighted by molar-refractivity contribution is 0.382. The lowest BCUT2D eigenvalue weighted by Crippen LogP contribution is -2.02. The van der Waals surface area contributed by atoms with Crippen LogP contribution in [0.1, 0.15) is 37.2 Å². The first-order valence-corrected chi connectivity index (χ1v) is 9.23. The van der Waals surface area contributed by atoms with Gasteiger partial charge in [0.25, 0.3) is 0 Å². The number of nitrogens with one attached hydrogen (secondary N) is 1. The van der Waals surface area contributed by atoms with Crippen LogP contribution in [0.25, 0.3) is 10.9 Å². The first kappa shape index (κ1) is 17.8. The van der Waals surface area contributed by atoms with Crippen LogP contribution in [0.2, 0.25) is 5.02 Å². The molecule has 0 atom stereocenters. The first-order chi connectivity index (χ1) is 13.0. The maximum absolute atomic E-state index is 13.4. The number of rotatable bonds is 4. The van der Waals surface area contributed by atoms with Gasteiger partial charge in [0.1, 0.15) is 17.4 Å². The molecule has 0 unspecified atom stereocenters. The van der Waals surface area contributed by atoms with E-state index in [1.807, 2.05) is 6.07 Å². The Hall–Kier alpha value is -2.60. The number of halogens is 2. The van der Waals surface area contributed by atoms with E-state index in [-0.39, 0.29) is 16.8 Å². The third-order valence-electron chi connectivity index (χ3n) is 4.98. The predicted molar refractivity (Wildman–Crippen MR) is 104 cm³/mol. The molecule has 1 fully saturated rings. The molecule has 0 bridgehead atoms. The fourth-order valence-corrected chi connectivity index (χ4v) is 3.80. The first-order valence-electron chi connectivity index (χ1n) is 8.86. The van der Waals surface area contributed by atoms with E-state index in [0.717, 1.165) is 23.8 Å². The predicted octanol–water partition coefficient (Wildman–Crippen LogP) is 5.54. The van der Waals surface area contributed by atoms with Gasteiger partial charge in [0.15, 0.2) is 0 Å². The van der Waals surface area contributed by atoms with Crippen LogP contribution < -0.4 is 10.1 Å². The number of anilines is 2. The lowest BCUT2D eigenvalue weighted by atomic mass is 9.95. The molecule has 1 aromatic heterocycles. The number of phenols is 1. The third kappa shape index (κ3) is 3.49. The smallest absolute Gasteiger partial charge is 0.318 e. The summed E-state index contributed by atoms with van der Waals surface area (Å²) in [5.74, 6) is 0.607. The van der Waals surface area contributed by atoms with E-state index < -0.39 is 5.82 Å². The summed E-state index contributed by atoms with van der Waals surface area (Å²) in [7, 11) is 1.48. The molecule has 0 aliphatic heterocycles. The summed E-state index contributed by atoms with van der Waals surface area (Å²) >= 11 is 5.88. The van der Waals surface area contributed by atoms with Gasteiger partial charge in [-0.05, 0) is 48.6 Å². The molecule has 27 heavy (non-hydrogen) atoms. The quantitative estimate of drug-likeness (QED) is 0.615. The maximum atomic E-state index is 13.4. The summed E-state index contributed by atoms with van der Waals surface area (Å²) < 4.78 is 18.6. The van der Waals surface area contributed by atoms with E-state index >= 15 is 0 Å². The Kier molecular flexibility index (Phi) is 4.74. The summed E-state index contributed by atoms with van der Waals surface area (Å²) in [5.41, 5.74) is 2.07. The van der Waals surface area contributed by atoms with Gasteiger partial charge in [-0.25, -0.2) is 4.39 Å². The van der Waals surface area contributed by atoms with Crippen LogP contribution in [-0.2, 0) is 0 Å². The van der Waals surface area contributed by atoms with Crippen LogP contribution in [0.4, 0.5) is 15.9 Å². The van der Waals surface area contributed by atoms with Gasteiger partial charge in [0, 0.05) is 17.1 Å². The molecule has 1 aliphatic rings. The van der Waals surface area contributed by atoms with Crippen molar-refractivity contribution in [3.63, 3.8) is 0 Å². The molecule has 0 amide bonds. The maximum Gasteiger partial charge on any atom is 0.318 e. The molecule has 0 saturated heterocycles. The van der Waals surface area contributed by atoms with Gasteiger partial charge in [-0.1, -0.05) is 24.4 Å². The minimum Gasteiger partial charge on any atom is -0.508 e. The molecule has 0 radical (unpaired) electrons. The van der Waals surface area contributed by atoms with Crippen molar-refractivity contribution in [2.45, 2.75) is 31.6 Å². The van der Waals surface area contributed by atoms with E-state index in [1.165, 1.54) is 32.1 Å². The molecule has 4 rings (SSSR count). The van der Waals surface area contributed by atoms with E-state index in [1.54, 1.807) is 12.1 Å². The second-order valence-electron chi connectivity index (χ2n) is 6.72. The van der Waals surface area contributed by atoms with E-state index in [0.29, 0.717) is 22.9 Å². The van der Waals surface area contributed by atoms with Gasteiger partial charge in [0.2, 0.25) is 0 Å². The van der Waals surface area contributed by atoms with Crippen LogP contribution in [0, 0.1) is 5.82 Å². The number of fused-ring (bicyclic) bond motifs is 1. The van der Waals surface area contributed by atoms with Crippen molar-refractivity contribution >= 4 is 34.0 Å². The van der Waals surface area contributed by atoms with E-state index in [4.69, 9.17) is 16.3 Å². The molecule has 5 nitrogen and oxygen atoms in total. The fourth-order valence-electron chi connectivity index (χ4n) is 3.62. The van der Waals surface area contributed by atoms with Gasteiger partial charge in [-0.2, -0.15) is 9.97 Å². The van der Waals surface area contributed by atoms with Crippen molar-refractivity contribution in [1.29, 1.82) is 0 Å². The van der Waals surface area contributed by atoms with E-state index in [9.17, 15) is 9.50 Å². The summed E-state index contributed by atoms with van der Waals surface area (Å²) in [6.07, 6.45) is 4.46. The Morgan fingerprint density at radius 2 is 1.96 bits per heavy atom. The average molecular weight is 388 g/mol. The van der Waals surface area contributed by atoms with Crippen molar-refractivity contribution in [2.24, 2.45) is 0 Å². The van der Waals surface area contributed by atoms with Crippen LogP contribution in [-0.4, -0.2) is 22.2 Å². The summed E-state index contributed by atoms with van der Waals surface area (Å²) in [6, 6.07) is 8.13. The summed E-state index contributed by atoms with van der Waals surface area (Å²) in [4.78, 5) is 8.74. The number of methoxy groups -OCH3 is 1. The highest BCUT2D eigenvalue weighted by Crippen LogP contribution is 2.41. The van der Waals surface area contributed by atoms with Crippen LogP contribution in [0.5, 0.6) is 11.8 Å². The van der Waals surface area contributed by atoms with Crippen LogP contribution >= 0.6 is 11.6 Å². The largest absolute Gasteiger partial charge is 0.508 e. The number of aromatic hydroxyl groups is 1. The SMILES string of the molecule is COc1nc(Nc2ccc(F)c(Cl)c2)c2cc(C3CCCC3)c(O)cc2n1. The Morgan fingerprint density at radius 1 is 1.19 bits per heavy atom. The standard InChI is InChI=1S/C20H19ClFN3O2/c1-27-20-24-17-10-18(26)13(11-4-2-3-5-11)9-14(17)19(25-20)23-12-6-7-16(22)15(21)8-12/h6-11,26H,2-5H2,1H3,(H,23,24,25). The third-order valence-corrected chi connectivity index (χ3v) is 5.27. The molecular formula is C20H19ClFN3O2. The zero-order valence-electron chi connectivity index (χ0n) is 14.8. The number of nitrogens with zero attached hydrogens (tertiary/aromatic N) is 2. The zero-order chi connectivity index (χ0) is 19.0. The molecule has 1 aliphatic carbocycles. The van der Waals surface area contributed by atoms with E-state index in [2.05, 4.69) is 15.3 Å². The Labute approximate surface area is 161 Å². The minimum atomic E-state index is -0.485.